The Bertz CT molecular complexity index is 207. The fraction of sp³-hybridized carbons (Fsp3) is 0.947. The topological polar surface area (TPSA) is 0 Å². The van der Waals surface area contributed by atoms with Gasteiger partial charge in [0.15, 0.2) is 0 Å². The predicted octanol–water partition coefficient (Wildman–Crippen LogP) is 7.00. The van der Waals surface area contributed by atoms with E-state index in [2.05, 4.69) is 0 Å². The molecule has 0 aromatic rings. The number of hydrogen-bond acceptors (Lipinski definition) is 0. The van der Waals surface area contributed by atoms with E-state index in [0.29, 0.717) is 0 Å². The standard InChI is InChI=1S/3C6H11.C.H3P.Ru/c3*1-2-4-6-5-3-1;;;/h3*1H,2-6H2;;1H3;. The Hall–Kier alpha value is 1.05. The minimum atomic E-state index is -0.530. The van der Waals surface area contributed by atoms with Gasteiger partial charge in [0.2, 0.25) is 0 Å². The molecule has 4 radical (unpaired) electrons. The second-order valence-electron chi connectivity index (χ2n) is 7.00. The van der Waals surface area contributed by atoms with Gasteiger partial charge in [0.25, 0.3) is 0 Å². The van der Waals surface area contributed by atoms with Crippen LogP contribution in [0.15, 0.2) is 0 Å². The Balaban J connectivity index is 0.00000110. The Morgan fingerprint density at radius 1 is 0.429 bits per heavy atom. The Morgan fingerprint density at radius 3 is 0.905 bits per heavy atom. The van der Waals surface area contributed by atoms with Gasteiger partial charge < -0.3 is 0 Å². The van der Waals surface area contributed by atoms with Gasteiger partial charge in [-0.2, -0.15) is 9.90 Å². The van der Waals surface area contributed by atoms with Crippen LogP contribution in [-0.2, 0) is 16.0 Å². The van der Waals surface area contributed by atoms with Crippen molar-refractivity contribution in [3.8, 4) is 0 Å². The Kier molecular flexibility index (Phi) is 10.3. The third-order valence-electron chi connectivity index (χ3n) is 5.56. The van der Waals surface area contributed by atoms with E-state index in [1.54, 1.807) is 96.3 Å². The molecule has 21 heavy (non-hydrogen) atoms. The normalized spacial score (nSPS) is 26.6. The van der Waals surface area contributed by atoms with E-state index < -0.39 is 16.0 Å². The number of hydrogen-bond donors (Lipinski definition) is 0. The van der Waals surface area contributed by atoms with Gasteiger partial charge >= 0.3 is 126 Å². The third-order valence-corrected chi connectivity index (χ3v) is 13.5. The first-order valence-corrected chi connectivity index (χ1v) is 12.1. The molecule has 2 heteroatoms. The fourth-order valence-corrected chi connectivity index (χ4v) is 13.6. The van der Waals surface area contributed by atoms with Crippen molar-refractivity contribution in [2.45, 2.75) is 110 Å². The molecule has 0 aromatic heterocycles. The van der Waals surface area contributed by atoms with Crippen LogP contribution in [0.5, 0.6) is 0 Å². The molecule has 3 aliphatic rings. The second kappa shape index (κ2) is 10.8. The third kappa shape index (κ3) is 5.57. The summed E-state index contributed by atoms with van der Waals surface area (Å²) in [6.45, 7) is 0. The van der Waals surface area contributed by atoms with Crippen LogP contribution in [0.3, 0.4) is 0 Å². The van der Waals surface area contributed by atoms with Crippen molar-refractivity contribution in [2.24, 2.45) is 0 Å². The summed E-state index contributed by atoms with van der Waals surface area (Å²) in [5.74, 6) is 0. The summed E-state index contributed by atoms with van der Waals surface area (Å²) < 4.78 is 3.80. The molecule has 0 aromatic carbocycles. The van der Waals surface area contributed by atoms with Gasteiger partial charge in [-0.05, 0) is 0 Å². The average Bonchev–Trinajstić information content (AvgIpc) is 2.51. The van der Waals surface area contributed by atoms with Gasteiger partial charge in [-0.15, -0.1) is 0 Å². The maximum absolute atomic E-state index is 1.64. The Labute approximate surface area is 143 Å². The molecular formula is C19H36PRu. The zero-order valence-electron chi connectivity index (χ0n) is 13.9. The molecule has 3 aliphatic carbocycles. The summed E-state index contributed by atoms with van der Waals surface area (Å²) in [6, 6.07) is 0. The molecule has 0 amide bonds. The smallest absolute Gasteiger partial charge is 0 e. The maximum atomic E-state index is 1.64. The largest absolute Gasteiger partial charge is 0.153 e. The second-order valence-corrected chi connectivity index (χ2v) is 13.0. The van der Waals surface area contributed by atoms with E-state index in [1.807, 2.05) is 0 Å². The Morgan fingerprint density at radius 2 is 0.667 bits per heavy atom. The average molecular weight is 397 g/mol. The molecule has 0 N–H and O–H groups in total. The van der Waals surface area contributed by atoms with Crippen molar-refractivity contribution in [2.75, 3.05) is 0 Å². The van der Waals surface area contributed by atoms with Crippen molar-refractivity contribution >= 4 is 9.90 Å². The first-order valence-electron chi connectivity index (χ1n) is 9.06. The van der Waals surface area contributed by atoms with Crippen molar-refractivity contribution in [3.63, 3.8) is 0 Å². The molecular weight excluding hydrogens is 360 g/mol. The summed E-state index contributed by atoms with van der Waals surface area (Å²) in [6.07, 6.45) is 24.0. The zero-order chi connectivity index (χ0) is 12.9. The quantitative estimate of drug-likeness (QED) is 0.356. The molecule has 0 aliphatic heterocycles. The van der Waals surface area contributed by atoms with Crippen molar-refractivity contribution < 1.29 is 16.0 Å². The molecule has 3 fully saturated rings. The van der Waals surface area contributed by atoms with E-state index in [0.717, 1.165) is 0 Å². The molecule has 125 valence electrons. The first-order chi connectivity index (χ1) is 9.45. The van der Waals surface area contributed by atoms with E-state index in [1.165, 1.54) is 13.5 Å². The van der Waals surface area contributed by atoms with Crippen LogP contribution in [0, 0.1) is 7.43 Å². The van der Waals surface area contributed by atoms with Gasteiger partial charge in [-0.1, -0.05) is 0 Å². The molecule has 3 rings (SSSR count). The monoisotopic (exact) mass is 397 g/mol. The minimum Gasteiger partial charge on any atom is -0.153 e. The van der Waals surface area contributed by atoms with Crippen LogP contribution in [-0.4, -0.2) is 0 Å². The van der Waals surface area contributed by atoms with E-state index >= 15 is 0 Å². The van der Waals surface area contributed by atoms with Crippen LogP contribution < -0.4 is 0 Å². The molecule has 0 nitrogen and oxygen atoms in total. The first kappa shape index (κ1) is 20.1. The van der Waals surface area contributed by atoms with Crippen LogP contribution in [0.4, 0.5) is 0 Å². The van der Waals surface area contributed by atoms with Gasteiger partial charge in [0.1, 0.15) is 0 Å². The maximum Gasteiger partial charge on any atom is 0 e. The molecule has 1 atom stereocenters. The molecule has 1 unspecified atom stereocenters. The summed E-state index contributed by atoms with van der Waals surface area (Å²) >= 11 is -0.530. The van der Waals surface area contributed by atoms with Crippen LogP contribution in [0.25, 0.3) is 0 Å². The molecule has 0 spiro atoms. The summed E-state index contributed by atoms with van der Waals surface area (Å²) in [7, 11) is 0. The molecule has 0 heterocycles. The van der Waals surface area contributed by atoms with Crippen molar-refractivity contribution in [3.05, 3.63) is 7.43 Å². The van der Waals surface area contributed by atoms with Gasteiger partial charge in [0, 0.05) is 7.43 Å². The summed E-state index contributed by atoms with van der Waals surface area (Å²) in [5.41, 5.74) is 0. The van der Waals surface area contributed by atoms with E-state index in [4.69, 9.17) is 0 Å². The molecule has 3 saturated carbocycles. The van der Waals surface area contributed by atoms with Crippen molar-refractivity contribution in [1.82, 2.24) is 0 Å². The van der Waals surface area contributed by atoms with Gasteiger partial charge in [0.05, 0.1) is 0 Å². The zero-order valence-corrected chi connectivity index (χ0v) is 17.1. The van der Waals surface area contributed by atoms with Crippen molar-refractivity contribution in [1.29, 1.82) is 0 Å². The van der Waals surface area contributed by atoms with E-state index in [9.17, 15) is 0 Å². The molecule has 0 bridgehead atoms. The summed E-state index contributed by atoms with van der Waals surface area (Å²) in [5, 5.41) is 0. The van der Waals surface area contributed by atoms with Gasteiger partial charge in [-0.3, -0.25) is 0 Å². The van der Waals surface area contributed by atoms with Crippen LogP contribution >= 0.6 is 9.90 Å². The fourth-order valence-electron chi connectivity index (χ4n) is 4.54. The summed E-state index contributed by atoms with van der Waals surface area (Å²) in [4.78, 5) is 0. The van der Waals surface area contributed by atoms with Crippen LogP contribution in [0.1, 0.15) is 96.3 Å². The number of rotatable bonds is 3. The van der Waals surface area contributed by atoms with E-state index in [-0.39, 0.29) is 17.3 Å². The van der Waals surface area contributed by atoms with Crippen LogP contribution in [0.2, 0.25) is 13.5 Å². The molecule has 0 saturated heterocycles. The van der Waals surface area contributed by atoms with Gasteiger partial charge in [-0.25, -0.2) is 0 Å². The SMILES string of the molecule is C1CC[CH]([Ru]([CH]2CCCCC2)[CH]2CCCCC2)CC1.P.[C]. The minimum absolute atomic E-state index is 0. The predicted molar refractivity (Wildman–Crippen MR) is 94.9 cm³/mol.